The van der Waals surface area contributed by atoms with Gasteiger partial charge in [-0.1, -0.05) is 44.2 Å². The SMILES string of the molecule is CS(=O)(=O)c1cccc(C2(CO)CC2C2CCCCC2)c1. The number of aliphatic hydroxyl groups is 1. The summed E-state index contributed by atoms with van der Waals surface area (Å²) in [6.07, 6.45) is 8.69. The van der Waals surface area contributed by atoms with Gasteiger partial charge in [0.2, 0.25) is 0 Å². The van der Waals surface area contributed by atoms with Crippen molar-refractivity contribution in [2.45, 2.75) is 48.8 Å². The molecule has 0 amide bonds. The minimum atomic E-state index is -3.19. The zero-order valence-electron chi connectivity index (χ0n) is 12.6. The fourth-order valence-electron chi connectivity index (χ4n) is 4.13. The normalized spacial score (nSPS) is 30.3. The summed E-state index contributed by atoms with van der Waals surface area (Å²) in [5.41, 5.74) is 0.811. The maximum absolute atomic E-state index is 11.7. The Kier molecular flexibility index (Phi) is 3.87. The van der Waals surface area contributed by atoms with E-state index in [4.69, 9.17) is 0 Å². The largest absolute Gasteiger partial charge is 0.395 e. The molecule has 2 unspecified atom stereocenters. The lowest BCUT2D eigenvalue weighted by atomic mass is 9.81. The number of rotatable bonds is 4. The predicted molar refractivity (Wildman–Crippen MR) is 83.0 cm³/mol. The lowest BCUT2D eigenvalue weighted by molar-refractivity contribution is 0.218. The number of sulfone groups is 1. The Balaban J connectivity index is 1.88. The molecule has 116 valence electrons. The first-order chi connectivity index (χ1) is 9.97. The fourth-order valence-corrected chi connectivity index (χ4v) is 4.80. The molecule has 1 aromatic carbocycles. The Labute approximate surface area is 127 Å². The predicted octanol–water partition coefficient (Wildman–Crippen LogP) is 2.92. The average Bonchev–Trinajstić information content (AvgIpc) is 3.24. The Morgan fingerprint density at radius 1 is 1.24 bits per heavy atom. The molecule has 0 heterocycles. The first-order valence-electron chi connectivity index (χ1n) is 7.89. The summed E-state index contributed by atoms with van der Waals surface area (Å²) in [5.74, 6) is 1.23. The van der Waals surface area contributed by atoms with Gasteiger partial charge in [0.05, 0.1) is 11.5 Å². The van der Waals surface area contributed by atoms with E-state index in [0.717, 1.165) is 12.0 Å². The third-order valence-electron chi connectivity index (χ3n) is 5.47. The Bertz CT molecular complexity index is 617. The molecule has 0 aliphatic heterocycles. The second kappa shape index (κ2) is 5.40. The van der Waals surface area contributed by atoms with Gasteiger partial charge in [-0.05, 0) is 36.0 Å². The van der Waals surface area contributed by atoms with E-state index < -0.39 is 9.84 Å². The second-order valence-electron chi connectivity index (χ2n) is 6.82. The minimum Gasteiger partial charge on any atom is -0.395 e. The van der Waals surface area contributed by atoms with Gasteiger partial charge in [-0.2, -0.15) is 0 Å². The molecule has 2 fully saturated rings. The summed E-state index contributed by atoms with van der Waals surface area (Å²) in [7, 11) is -3.19. The summed E-state index contributed by atoms with van der Waals surface area (Å²) < 4.78 is 23.5. The monoisotopic (exact) mass is 308 g/mol. The van der Waals surface area contributed by atoms with Gasteiger partial charge in [0.15, 0.2) is 9.84 Å². The van der Waals surface area contributed by atoms with Crippen molar-refractivity contribution in [3.8, 4) is 0 Å². The Morgan fingerprint density at radius 2 is 1.95 bits per heavy atom. The molecular weight excluding hydrogens is 284 g/mol. The van der Waals surface area contributed by atoms with E-state index in [-0.39, 0.29) is 12.0 Å². The fraction of sp³-hybridized carbons (Fsp3) is 0.647. The molecule has 0 radical (unpaired) electrons. The van der Waals surface area contributed by atoms with Crippen molar-refractivity contribution in [3.63, 3.8) is 0 Å². The highest BCUT2D eigenvalue weighted by Crippen LogP contribution is 2.60. The van der Waals surface area contributed by atoms with Crippen molar-refractivity contribution >= 4 is 9.84 Å². The molecule has 2 saturated carbocycles. The van der Waals surface area contributed by atoms with Gasteiger partial charge < -0.3 is 5.11 Å². The van der Waals surface area contributed by atoms with Crippen LogP contribution in [0.15, 0.2) is 29.2 Å². The molecule has 21 heavy (non-hydrogen) atoms. The number of benzene rings is 1. The summed E-state index contributed by atoms with van der Waals surface area (Å²) in [4.78, 5) is 0.363. The van der Waals surface area contributed by atoms with E-state index in [9.17, 15) is 13.5 Å². The van der Waals surface area contributed by atoms with Gasteiger partial charge >= 0.3 is 0 Å². The van der Waals surface area contributed by atoms with E-state index in [0.29, 0.717) is 16.7 Å². The average molecular weight is 308 g/mol. The van der Waals surface area contributed by atoms with Crippen LogP contribution in [-0.4, -0.2) is 26.4 Å². The summed E-state index contributed by atoms with van der Waals surface area (Å²) in [5, 5.41) is 9.96. The third-order valence-corrected chi connectivity index (χ3v) is 6.58. The highest BCUT2D eigenvalue weighted by atomic mass is 32.2. The molecule has 2 aliphatic rings. The minimum absolute atomic E-state index is 0.126. The van der Waals surface area contributed by atoms with Crippen molar-refractivity contribution in [2.24, 2.45) is 11.8 Å². The van der Waals surface area contributed by atoms with E-state index in [1.54, 1.807) is 18.2 Å². The van der Waals surface area contributed by atoms with Gasteiger partial charge in [-0.15, -0.1) is 0 Å². The highest BCUT2D eigenvalue weighted by molar-refractivity contribution is 7.90. The van der Waals surface area contributed by atoms with Crippen molar-refractivity contribution in [2.75, 3.05) is 12.9 Å². The zero-order valence-corrected chi connectivity index (χ0v) is 13.4. The van der Waals surface area contributed by atoms with Crippen molar-refractivity contribution in [1.29, 1.82) is 0 Å². The molecule has 4 heteroatoms. The standard InChI is InChI=1S/C17H24O3S/c1-21(19,20)15-9-5-8-14(10-15)17(12-18)11-16(17)13-6-3-2-4-7-13/h5,8-10,13,16,18H,2-4,6-7,11-12H2,1H3. The Hall–Kier alpha value is -0.870. The molecule has 0 bridgehead atoms. The molecule has 0 aromatic heterocycles. The van der Waals surface area contributed by atoms with Crippen LogP contribution >= 0.6 is 0 Å². The first kappa shape index (κ1) is 15.0. The number of hydrogen-bond acceptors (Lipinski definition) is 3. The van der Waals surface area contributed by atoms with Crippen LogP contribution < -0.4 is 0 Å². The summed E-state index contributed by atoms with van der Waals surface area (Å²) in [6, 6.07) is 7.20. The molecule has 1 aromatic rings. The van der Waals surface area contributed by atoms with Gasteiger partial charge in [0.25, 0.3) is 0 Å². The van der Waals surface area contributed by atoms with Crippen molar-refractivity contribution < 1.29 is 13.5 Å². The van der Waals surface area contributed by atoms with Gasteiger partial charge in [0.1, 0.15) is 0 Å². The maximum atomic E-state index is 11.7. The molecule has 1 N–H and O–H groups in total. The van der Waals surface area contributed by atoms with E-state index in [1.807, 2.05) is 6.07 Å². The van der Waals surface area contributed by atoms with Crippen LogP contribution in [0.3, 0.4) is 0 Å². The summed E-state index contributed by atoms with van der Waals surface area (Å²) in [6.45, 7) is 0.126. The first-order valence-corrected chi connectivity index (χ1v) is 9.78. The topological polar surface area (TPSA) is 54.4 Å². The maximum Gasteiger partial charge on any atom is 0.175 e. The van der Waals surface area contributed by atoms with E-state index >= 15 is 0 Å². The van der Waals surface area contributed by atoms with Crippen LogP contribution in [0.1, 0.15) is 44.1 Å². The zero-order chi connectivity index (χ0) is 15.1. The molecule has 0 saturated heterocycles. The highest BCUT2D eigenvalue weighted by Gasteiger charge is 2.57. The van der Waals surface area contributed by atoms with E-state index in [1.165, 1.54) is 38.4 Å². The number of aliphatic hydroxyl groups excluding tert-OH is 1. The van der Waals surface area contributed by atoms with Crippen molar-refractivity contribution in [3.05, 3.63) is 29.8 Å². The quantitative estimate of drug-likeness (QED) is 0.930. The molecule has 3 rings (SSSR count). The smallest absolute Gasteiger partial charge is 0.175 e. The van der Waals surface area contributed by atoms with Crippen LogP contribution in [0.25, 0.3) is 0 Å². The molecule has 2 aliphatic carbocycles. The van der Waals surface area contributed by atoms with Crippen LogP contribution in [0.4, 0.5) is 0 Å². The molecule has 3 nitrogen and oxygen atoms in total. The van der Waals surface area contributed by atoms with Crippen molar-refractivity contribution in [1.82, 2.24) is 0 Å². The van der Waals surface area contributed by atoms with Gasteiger partial charge in [-0.25, -0.2) is 8.42 Å². The number of hydrogen-bond donors (Lipinski definition) is 1. The van der Waals surface area contributed by atoms with Crippen LogP contribution in [0.5, 0.6) is 0 Å². The lowest BCUT2D eigenvalue weighted by Crippen LogP contribution is -2.21. The van der Waals surface area contributed by atoms with E-state index in [2.05, 4.69) is 0 Å². The van der Waals surface area contributed by atoms with Gasteiger partial charge in [0, 0.05) is 11.7 Å². The van der Waals surface area contributed by atoms with Gasteiger partial charge in [-0.3, -0.25) is 0 Å². The lowest BCUT2D eigenvalue weighted by Gasteiger charge is -2.25. The third kappa shape index (κ3) is 2.76. The Morgan fingerprint density at radius 3 is 2.57 bits per heavy atom. The molecule has 0 spiro atoms. The second-order valence-corrected chi connectivity index (χ2v) is 8.84. The van der Waals surface area contributed by atoms with Crippen LogP contribution in [0.2, 0.25) is 0 Å². The molecule has 2 atom stereocenters. The van der Waals surface area contributed by atoms with Crippen LogP contribution in [-0.2, 0) is 15.3 Å². The molecular formula is C17H24O3S. The van der Waals surface area contributed by atoms with Crippen LogP contribution in [0, 0.1) is 11.8 Å². The summed E-state index contributed by atoms with van der Waals surface area (Å²) >= 11 is 0.